The molecule has 0 bridgehead atoms. The SMILES string of the molecule is CCCCc1nnc(NC(=O)/C(C#N)=C\c2cccn2-c2ccc(C)c(Cl)c2)s1. The van der Waals surface area contributed by atoms with Crippen LogP contribution in [0.25, 0.3) is 11.8 Å². The summed E-state index contributed by atoms with van der Waals surface area (Å²) in [5.74, 6) is -0.514. The number of benzene rings is 1. The molecule has 0 aliphatic carbocycles. The maximum absolute atomic E-state index is 12.5. The van der Waals surface area contributed by atoms with E-state index in [0.29, 0.717) is 15.8 Å². The molecule has 0 saturated carbocycles. The summed E-state index contributed by atoms with van der Waals surface area (Å²) < 4.78 is 1.86. The summed E-state index contributed by atoms with van der Waals surface area (Å²) >= 11 is 7.56. The summed E-state index contributed by atoms with van der Waals surface area (Å²) in [6.07, 6.45) is 6.31. The van der Waals surface area contributed by atoms with Crippen LogP contribution < -0.4 is 5.32 Å². The van der Waals surface area contributed by atoms with Crippen LogP contribution in [0.3, 0.4) is 0 Å². The van der Waals surface area contributed by atoms with Gasteiger partial charge in [0.2, 0.25) is 5.13 Å². The van der Waals surface area contributed by atoms with Crippen LogP contribution in [0.4, 0.5) is 5.13 Å². The molecule has 148 valence electrons. The van der Waals surface area contributed by atoms with Gasteiger partial charge >= 0.3 is 0 Å². The third-order valence-electron chi connectivity index (χ3n) is 4.30. The zero-order chi connectivity index (χ0) is 20.8. The predicted molar refractivity (Wildman–Crippen MR) is 116 cm³/mol. The molecule has 3 rings (SSSR count). The quantitative estimate of drug-likeness (QED) is 0.417. The minimum absolute atomic E-state index is 0.0199. The molecule has 1 aromatic carbocycles. The lowest BCUT2D eigenvalue weighted by molar-refractivity contribution is -0.112. The summed E-state index contributed by atoms with van der Waals surface area (Å²) in [5, 5.41) is 22.1. The molecule has 0 aliphatic rings. The number of carbonyl (C=O) groups excluding carboxylic acids is 1. The number of hydrogen-bond donors (Lipinski definition) is 1. The molecule has 0 fully saturated rings. The maximum atomic E-state index is 12.5. The second kappa shape index (κ2) is 9.50. The van der Waals surface area contributed by atoms with Crippen molar-refractivity contribution in [2.45, 2.75) is 33.1 Å². The number of aryl methyl sites for hydroxylation is 2. The molecule has 0 atom stereocenters. The van der Waals surface area contributed by atoms with E-state index in [1.807, 2.05) is 54.1 Å². The Kier molecular flexibility index (Phi) is 6.81. The first-order valence-electron chi connectivity index (χ1n) is 9.21. The van der Waals surface area contributed by atoms with Crippen LogP contribution in [0.2, 0.25) is 5.02 Å². The van der Waals surface area contributed by atoms with Gasteiger partial charge in [0.1, 0.15) is 16.6 Å². The summed E-state index contributed by atoms with van der Waals surface area (Å²) in [4.78, 5) is 12.5. The second-order valence-corrected chi connectivity index (χ2v) is 7.93. The van der Waals surface area contributed by atoms with Crippen molar-refractivity contribution < 1.29 is 4.79 Å². The number of aromatic nitrogens is 3. The van der Waals surface area contributed by atoms with E-state index in [1.54, 1.807) is 6.08 Å². The average molecular weight is 426 g/mol. The van der Waals surface area contributed by atoms with Gasteiger partial charge in [0.05, 0.1) is 0 Å². The van der Waals surface area contributed by atoms with E-state index in [-0.39, 0.29) is 5.57 Å². The fourth-order valence-corrected chi connectivity index (χ4v) is 3.62. The Hall–Kier alpha value is -2.95. The van der Waals surface area contributed by atoms with E-state index in [0.717, 1.165) is 35.5 Å². The van der Waals surface area contributed by atoms with Crippen molar-refractivity contribution in [3.05, 3.63) is 63.4 Å². The van der Waals surface area contributed by atoms with Gasteiger partial charge in [-0.05, 0) is 49.2 Å². The predicted octanol–water partition coefficient (Wildman–Crippen LogP) is 5.18. The van der Waals surface area contributed by atoms with Gasteiger partial charge in [0, 0.05) is 29.0 Å². The summed E-state index contributed by atoms with van der Waals surface area (Å²) in [7, 11) is 0. The number of amides is 1. The number of anilines is 1. The van der Waals surface area contributed by atoms with Crippen LogP contribution in [-0.4, -0.2) is 20.7 Å². The molecule has 1 amide bonds. The van der Waals surface area contributed by atoms with Crippen molar-refractivity contribution in [2.75, 3.05) is 5.32 Å². The Balaban J connectivity index is 1.81. The van der Waals surface area contributed by atoms with E-state index in [9.17, 15) is 10.1 Å². The molecule has 3 aromatic rings. The Morgan fingerprint density at radius 3 is 2.93 bits per heavy atom. The molecule has 0 saturated heterocycles. The van der Waals surface area contributed by atoms with E-state index in [2.05, 4.69) is 22.4 Å². The number of nitrogens with zero attached hydrogens (tertiary/aromatic N) is 4. The highest BCUT2D eigenvalue weighted by Crippen LogP contribution is 2.23. The topological polar surface area (TPSA) is 83.6 Å². The van der Waals surface area contributed by atoms with Crippen LogP contribution in [0.5, 0.6) is 0 Å². The number of nitrogens with one attached hydrogen (secondary N) is 1. The second-order valence-electron chi connectivity index (χ2n) is 6.46. The lowest BCUT2D eigenvalue weighted by Crippen LogP contribution is -2.13. The van der Waals surface area contributed by atoms with Crippen molar-refractivity contribution in [1.29, 1.82) is 5.26 Å². The lowest BCUT2D eigenvalue weighted by atomic mass is 10.2. The molecule has 6 nitrogen and oxygen atoms in total. The highest BCUT2D eigenvalue weighted by atomic mass is 35.5. The van der Waals surface area contributed by atoms with Crippen LogP contribution in [0.15, 0.2) is 42.1 Å². The van der Waals surface area contributed by atoms with Crippen LogP contribution in [0.1, 0.15) is 36.0 Å². The first kappa shape index (κ1) is 20.8. The smallest absolute Gasteiger partial charge is 0.268 e. The van der Waals surface area contributed by atoms with Crippen molar-refractivity contribution in [2.24, 2.45) is 0 Å². The summed E-state index contributed by atoms with van der Waals surface area (Å²) in [5.41, 5.74) is 2.50. The van der Waals surface area contributed by atoms with E-state index in [1.165, 1.54) is 11.3 Å². The molecule has 1 N–H and O–H groups in total. The van der Waals surface area contributed by atoms with Gasteiger partial charge < -0.3 is 4.57 Å². The van der Waals surface area contributed by atoms with Gasteiger partial charge in [-0.25, -0.2) is 0 Å². The normalized spacial score (nSPS) is 11.3. The standard InChI is InChI=1S/C21H20ClN5OS/c1-3-4-7-19-25-26-21(29-19)24-20(28)15(13-23)11-16-6-5-10-27(16)17-9-8-14(2)18(22)12-17/h5-6,8-12H,3-4,7H2,1-2H3,(H,24,26,28)/b15-11-. The van der Waals surface area contributed by atoms with Crippen molar-refractivity contribution in [3.8, 4) is 11.8 Å². The van der Waals surface area contributed by atoms with Gasteiger partial charge in [-0.1, -0.05) is 42.3 Å². The van der Waals surface area contributed by atoms with Gasteiger partial charge in [0.15, 0.2) is 0 Å². The minimum Gasteiger partial charge on any atom is -0.317 e. The summed E-state index contributed by atoms with van der Waals surface area (Å²) in [6.45, 7) is 4.04. The van der Waals surface area contributed by atoms with E-state index >= 15 is 0 Å². The number of unbranched alkanes of at least 4 members (excludes halogenated alkanes) is 1. The van der Waals surface area contributed by atoms with Crippen molar-refractivity contribution >= 4 is 40.1 Å². The van der Waals surface area contributed by atoms with Gasteiger partial charge in [-0.15, -0.1) is 10.2 Å². The molecule has 0 radical (unpaired) electrons. The zero-order valence-electron chi connectivity index (χ0n) is 16.1. The molecule has 0 aliphatic heterocycles. The van der Waals surface area contributed by atoms with Crippen LogP contribution >= 0.6 is 22.9 Å². The molecule has 0 unspecified atom stereocenters. The number of rotatable bonds is 7. The highest BCUT2D eigenvalue weighted by molar-refractivity contribution is 7.15. The third kappa shape index (κ3) is 5.11. The Labute approximate surface area is 178 Å². The van der Waals surface area contributed by atoms with Gasteiger partial charge in [-0.3, -0.25) is 10.1 Å². The van der Waals surface area contributed by atoms with Crippen molar-refractivity contribution in [3.63, 3.8) is 0 Å². The number of hydrogen-bond acceptors (Lipinski definition) is 5. The van der Waals surface area contributed by atoms with E-state index in [4.69, 9.17) is 11.6 Å². The molecular formula is C21H20ClN5OS. The minimum atomic E-state index is -0.514. The first-order chi connectivity index (χ1) is 14.0. The van der Waals surface area contributed by atoms with E-state index < -0.39 is 5.91 Å². The molecule has 29 heavy (non-hydrogen) atoms. The Morgan fingerprint density at radius 2 is 2.21 bits per heavy atom. The highest BCUT2D eigenvalue weighted by Gasteiger charge is 2.14. The zero-order valence-corrected chi connectivity index (χ0v) is 17.7. The molecule has 8 heteroatoms. The number of nitriles is 1. The molecule has 0 spiro atoms. The Morgan fingerprint density at radius 1 is 1.38 bits per heavy atom. The molecule has 2 aromatic heterocycles. The number of carbonyl (C=O) groups is 1. The summed E-state index contributed by atoms with van der Waals surface area (Å²) in [6, 6.07) is 11.3. The largest absolute Gasteiger partial charge is 0.317 e. The monoisotopic (exact) mass is 425 g/mol. The molecule has 2 heterocycles. The van der Waals surface area contributed by atoms with Gasteiger partial charge in [0.25, 0.3) is 5.91 Å². The Bertz CT molecular complexity index is 1090. The van der Waals surface area contributed by atoms with Gasteiger partial charge in [-0.2, -0.15) is 5.26 Å². The lowest BCUT2D eigenvalue weighted by Gasteiger charge is -2.09. The first-order valence-corrected chi connectivity index (χ1v) is 10.4. The van der Waals surface area contributed by atoms with Crippen LogP contribution in [0, 0.1) is 18.3 Å². The molecular weight excluding hydrogens is 406 g/mol. The fourth-order valence-electron chi connectivity index (χ4n) is 2.67. The van der Waals surface area contributed by atoms with Crippen LogP contribution in [-0.2, 0) is 11.2 Å². The maximum Gasteiger partial charge on any atom is 0.268 e. The van der Waals surface area contributed by atoms with Crippen molar-refractivity contribution in [1.82, 2.24) is 14.8 Å². The fraction of sp³-hybridized carbons (Fsp3) is 0.238. The average Bonchev–Trinajstić information content (AvgIpc) is 3.35. The number of halogens is 1. The third-order valence-corrected chi connectivity index (χ3v) is 5.61.